The summed E-state index contributed by atoms with van der Waals surface area (Å²) in [5, 5.41) is 3.20. The van der Waals surface area contributed by atoms with Crippen molar-refractivity contribution >= 4 is 55.9 Å². The third-order valence-corrected chi connectivity index (χ3v) is 3.77. The van der Waals surface area contributed by atoms with Crippen LogP contribution in [0.3, 0.4) is 0 Å². The first-order valence-electron chi connectivity index (χ1n) is 5.98. The van der Waals surface area contributed by atoms with E-state index in [2.05, 4.69) is 31.2 Å². The largest absolute Gasteiger partial charge is 0.381 e. The number of nitrogen functional groups attached to an aromatic ring is 1. The van der Waals surface area contributed by atoms with Crippen molar-refractivity contribution < 1.29 is 4.39 Å². The molecule has 106 valence electrons. The van der Waals surface area contributed by atoms with Gasteiger partial charge in [-0.25, -0.2) is 14.4 Å². The molecule has 0 bridgehead atoms. The summed E-state index contributed by atoms with van der Waals surface area (Å²) in [4.78, 5) is 8.67. The molecule has 0 aliphatic carbocycles. The molecule has 21 heavy (non-hydrogen) atoms. The summed E-state index contributed by atoms with van der Waals surface area (Å²) in [6, 6.07) is 9.88. The second-order valence-electron chi connectivity index (χ2n) is 4.32. The van der Waals surface area contributed by atoms with Gasteiger partial charge in [0.25, 0.3) is 0 Å². The van der Waals surface area contributed by atoms with Crippen molar-refractivity contribution in [1.82, 2.24) is 9.97 Å². The fourth-order valence-corrected chi connectivity index (χ4v) is 2.78. The van der Waals surface area contributed by atoms with E-state index in [4.69, 9.17) is 17.3 Å². The molecule has 0 aliphatic rings. The van der Waals surface area contributed by atoms with Gasteiger partial charge in [0.05, 0.1) is 21.7 Å². The number of halogens is 3. The van der Waals surface area contributed by atoms with Crippen LogP contribution in [0, 0.1) is 5.82 Å². The third kappa shape index (κ3) is 2.77. The monoisotopic (exact) mass is 366 g/mol. The molecule has 0 saturated carbocycles. The Hall–Kier alpha value is -1.92. The van der Waals surface area contributed by atoms with E-state index in [1.54, 1.807) is 0 Å². The summed E-state index contributed by atoms with van der Waals surface area (Å²) in [6.45, 7) is 0. The number of nitrogens with one attached hydrogen (secondary N) is 1. The molecule has 3 N–H and O–H groups in total. The number of rotatable bonds is 2. The zero-order valence-electron chi connectivity index (χ0n) is 10.6. The summed E-state index contributed by atoms with van der Waals surface area (Å²) >= 11 is 9.29. The van der Waals surface area contributed by atoms with Crippen LogP contribution >= 0.6 is 27.5 Å². The van der Waals surface area contributed by atoms with E-state index in [0.717, 1.165) is 0 Å². The van der Waals surface area contributed by atoms with Crippen LogP contribution in [0.4, 0.5) is 21.7 Å². The van der Waals surface area contributed by atoms with Crippen LogP contribution in [0.5, 0.6) is 0 Å². The molecule has 1 aromatic heterocycles. The van der Waals surface area contributed by atoms with Crippen molar-refractivity contribution in [2.24, 2.45) is 0 Å². The van der Waals surface area contributed by atoms with Crippen LogP contribution in [0.15, 0.2) is 40.9 Å². The molecule has 3 aromatic rings. The Balaban J connectivity index is 2.08. The van der Waals surface area contributed by atoms with Gasteiger partial charge in [0, 0.05) is 4.47 Å². The summed E-state index contributed by atoms with van der Waals surface area (Å²) in [5.74, 6) is 0.166. The molecule has 0 spiro atoms. The van der Waals surface area contributed by atoms with Gasteiger partial charge in [-0.3, -0.25) is 0 Å². The minimum atomic E-state index is -0.435. The van der Waals surface area contributed by atoms with Crippen LogP contribution in [-0.4, -0.2) is 9.97 Å². The average molecular weight is 368 g/mol. The molecule has 3 rings (SSSR count). The lowest BCUT2D eigenvalue weighted by atomic mass is 10.3. The molecule has 0 amide bonds. The first-order valence-corrected chi connectivity index (χ1v) is 7.15. The quantitative estimate of drug-likeness (QED) is 0.699. The van der Waals surface area contributed by atoms with Crippen LogP contribution in [0.1, 0.15) is 0 Å². The summed E-state index contributed by atoms with van der Waals surface area (Å²) in [5.41, 5.74) is 7.77. The minimum Gasteiger partial charge on any atom is -0.381 e. The van der Waals surface area contributed by atoms with E-state index in [9.17, 15) is 4.39 Å². The fraction of sp³-hybridized carbons (Fsp3) is 0. The van der Waals surface area contributed by atoms with Gasteiger partial charge in [0.2, 0.25) is 0 Å². The normalized spacial score (nSPS) is 10.8. The van der Waals surface area contributed by atoms with Gasteiger partial charge in [-0.05, 0) is 40.2 Å². The van der Waals surface area contributed by atoms with Crippen LogP contribution in [0.25, 0.3) is 11.0 Å². The number of benzene rings is 2. The van der Waals surface area contributed by atoms with E-state index in [1.807, 2.05) is 24.3 Å². The highest BCUT2D eigenvalue weighted by atomic mass is 79.9. The van der Waals surface area contributed by atoms with Gasteiger partial charge in [0.15, 0.2) is 11.6 Å². The second-order valence-corrected chi connectivity index (χ2v) is 5.58. The van der Waals surface area contributed by atoms with Crippen molar-refractivity contribution in [1.29, 1.82) is 0 Å². The lowest BCUT2D eigenvalue weighted by Gasteiger charge is -2.12. The predicted molar refractivity (Wildman–Crippen MR) is 86.3 cm³/mol. The van der Waals surface area contributed by atoms with Gasteiger partial charge >= 0.3 is 0 Å². The SMILES string of the molecule is Nc1nc2ccccc2nc1Nc1c(Cl)cc(F)cc1Br. The van der Waals surface area contributed by atoms with E-state index in [1.165, 1.54) is 12.1 Å². The Kier molecular flexibility index (Phi) is 3.65. The second kappa shape index (κ2) is 5.46. The zero-order chi connectivity index (χ0) is 15.0. The van der Waals surface area contributed by atoms with E-state index in [0.29, 0.717) is 27.0 Å². The van der Waals surface area contributed by atoms with Gasteiger partial charge in [-0.1, -0.05) is 23.7 Å². The summed E-state index contributed by atoms with van der Waals surface area (Å²) in [6.07, 6.45) is 0. The molecule has 0 unspecified atom stereocenters. The number of hydrogen-bond donors (Lipinski definition) is 2. The van der Waals surface area contributed by atoms with Gasteiger partial charge in [-0.15, -0.1) is 0 Å². The molecule has 4 nitrogen and oxygen atoms in total. The lowest BCUT2D eigenvalue weighted by molar-refractivity contribution is 0.627. The van der Waals surface area contributed by atoms with Crippen LogP contribution in [0.2, 0.25) is 5.02 Å². The van der Waals surface area contributed by atoms with E-state index >= 15 is 0 Å². The van der Waals surface area contributed by atoms with Crippen molar-refractivity contribution in [3.05, 3.63) is 51.7 Å². The van der Waals surface area contributed by atoms with Gasteiger partial charge in [0.1, 0.15) is 5.82 Å². The first kappa shape index (κ1) is 14.0. The molecule has 0 saturated heterocycles. The maximum absolute atomic E-state index is 13.2. The molecule has 0 radical (unpaired) electrons. The Labute approximate surface area is 133 Å². The highest BCUT2D eigenvalue weighted by Gasteiger charge is 2.12. The molecular formula is C14H9BrClFN4. The lowest BCUT2D eigenvalue weighted by Crippen LogP contribution is -2.03. The predicted octanol–water partition coefficient (Wildman–Crippen LogP) is 4.51. The number of fused-ring (bicyclic) bond motifs is 1. The number of anilines is 3. The molecule has 0 atom stereocenters. The number of aromatic nitrogens is 2. The van der Waals surface area contributed by atoms with Gasteiger partial charge < -0.3 is 11.1 Å². The molecule has 1 heterocycles. The van der Waals surface area contributed by atoms with Gasteiger partial charge in [-0.2, -0.15) is 0 Å². The van der Waals surface area contributed by atoms with Crippen molar-refractivity contribution in [2.75, 3.05) is 11.1 Å². The molecule has 2 aromatic carbocycles. The highest BCUT2D eigenvalue weighted by Crippen LogP contribution is 2.34. The molecule has 0 fully saturated rings. The number of nitrogens with zero attached hydrogens (tertiary/aromatic N) is 2. The topological polar surface area (TPSA) is 63.8 Å². The van der Waals surface area contributed by atoms with Crippen molar-refractivity contribution in [3.63, 3.8) is 0 Å². The summed E-state index contributed by atoms with van der Waals surface area (Å²) in [7, 11) is 0. The Bertz CT molecular complexity index is 817. The smallest absolute Gasteiger partial charge is 0.174 e. The standard InChI is InChI=1S/C14H9BrClFN4/c15-8-5-7(17)6-9(16)12(8)21-14-13(18)19-10-3-1-2-4-11(10)20-14/h1-6H,(H2,18,19)(H,20,21). The van der Waals surface area contributed by atoms with E-state index in [-0.39, 0.29) is 10.8 Å². The number of nitrogens with two attached hydrogens (primary N) is 1. The molecular weight excluding hydrogens is 359 g/mol. The highest BCUT2D eigenvalue weighted by molar-refractivity contribution is 9.10. The fourth-order valence-electron chi connectivity index (χ4n) is 1.89. The number of hydrogen-bond acceptors (Lipinski definition) is 4. The summed E-state index contributed by atoms with van der Waals surface area (Å²) < 4.78 is 13.7. The number of para-hydroxylation sites is 2. The maximum atomic E-state index is 13.2. The van der Waals surface area contributed by atoms with Crippen LogP contribution < -0.4 is 11.1 Å². The van der Waals surface area contributed by atoms with Crippen molar-refractivity contribution in [2.45, 2.75) is 0 Å². The Morgan fingerprint density at radius 1 is 1.14 bits per heavy atom. The average Bonchev–Trinajstić information content (AvgIpc) is 2.43. The van der Waals surface area contributed by atoms with Crippen LogP contribution in [-0.2, 0) is 0 Å². The zero-order valence-corrected chi connectivity index (χ0v) is 12.9. The van der Waals surface area contributed by atoms with Crippen molar-refractivity contribution in [3.8, 4) is 0 Å². The molecule has 0 aliphatic heterocycles. The molecule has 7 heteroatoms. The Morgan fingerprint density at radius 3 is 2.48 bits per heavy atom. The third-order valence-electron chi connectivity index (χ3n) is 2.85. The first-order chi connectivity index (χ1) is 10.0. The minimum absolute atomic E-state index is 0.219. The van der Waals surface area contributed by atoms with E-state index < -0.39 is 5.82 Å². The Morgan fingerprint density at radius 2 is 1.81 bits per heavy atom. The maximum Gasteiger partial charge on any atom is 0.174 e.